The van der Waals surface area contributed by atoms with Crippen LogP contribution in [-0.4, -0.2) is 13.1 Å². The molecule has 0 fully saturated rings. The molecule has 2 aromatic heterocycles. The quantitative estimate of drug-likeness (QED) is 0.305. The van der Waals surface area contributed by atoms with Gasteiger partial charge in [0, 0.05) is 16.3 Å². The molecule has 3 heteroatoms. The molecule has 0 unspecified atom stereocenters. The molecule has 0 radical (unpaired) electrons. The Bertz CT molecular complexity index is 1310. The third kappa shape index (κ3) is 2.70. The summed E-state index contributed by atoms with van der Waals surface area (Å²) in [5.74, 6) is 0. The predicted molar refractivity (Wildman–Crippen MR) is 123 cm³/mol. The average molecular weight is 384 g/mol. The summed E-state index contributed by atoms with van der Waals surface area (Å²) >= 11 is 1.79. The Morgan fingerprint density at radius 2 is 1.52 bits per heavy atom. The van der Waals surface area contributed by atoms with E-state index in [9.17, 15) is 0 Å². The number of hydrogen-bond donors (Lipinski definition) is 0. The second kappa shape index (κ2) is 6.01. The zero-order chi connectivity index (χ0) is 18.6. The van der Waals surface area contributed by atoms with Crippen LogP contribution in [0, 0.1) is 0 Å². The molecular formula is C24H21NSSi. The van der Waals surface area contributed by atoms with Crippen LogP contribution in [0.2, 0.25) is 19.6 Å². The third-order valence-electron chi connectivity index (χ3n) is 5.25. The van der Waals surface area contributed by atoms with Gasteiger partial charge >= 0.3 is 0 Å². The van der Waals surface area contributed by atoms with Crippen molar-refractivity contribution in [2.75, 3.05) is 0 Å². The van der Waals surface area contributed by atoms with Crippen molar-refractivity contribution < 1.29 is 0 Å². The van der Waals surface area contributed by atoms with Gasteiger partial charge in [-0.15, -0.1) is 11.3 Å². The maximum Gasteiger partial charge on any atom is 0.0887 e. The number of benzene rings is 3. The monoisotopic (exact) mass is 383 g/mol. The summed E-state index contributed by atoms with van der Waals surface area (Å²) in [6.07, 6.45) is 0. The first-order chi connectivity index (χ1) is 13.0. The molecule has 1 nitrogen and oxygen atoms in total. The number of rotatable bonds is 2. The number of fused-ring (bicyclic) bond motifs is 4. The first-order valence-electron chi connectivity index (χ1n) is 9.32. The van der Waals surface area contributed by atoms with Crippen LogP contribution in [-0.2, 0) is 0 Å². The molecule has 0 saturated carbocycles. The smallest absolute Gasteiger partial charge is 0.0887 e. The van der Waals surface area contributed by atoms with Gasteiger partial charge in [0.2, 0.25) is 0 Å². The van der Waals surface area contributed by atoms with Gasteiger partial charge in [0.05, 0.1) is 24.0 Å². The number of hydrogen-bond acceptors (Lipinski definition) is 2. The Morgan fingerprint density at radius 3 is 2.33 bits per heavy atom. The maximum atomic E-state index is 5.10. The molecule has 0 N–H and O–H groups in total. The highest BCUT2D eigenvalue weighted by atomic mass is 32.1. The normalized spacial score (nSPS) is 12.3. The number of pyridine rings is 1. The SMILES string of the molecule is C[Si](C)(C)c1cc(-c2nc3ccccc3c3ccsc23)cc2ccccc12. The Kier molecular flexibility index (Phi) is 3.71. The standard InChI is InChI=1S/C24H21NSSi/c1-27(2,3)22-15-17(14-16-8-4-5-9-18(16)22)23-24-20(12-13-26-24)19-10-6-7-11-21(19)25-23/h4-15H,1-3H3. The van der Waals surface area contributed by atoms with Crippen molar-refractivity contribution >= 4 is 56.4 Å². The zero-order valence-corrected chi connectivity index (χ0v) is 17.6. The lowest BCUT2D eigenvalue weighted by atomic mass is 10.0. The maximum absolute atomic E-state index is 5.10. The fourth-order valence-corrected chi connectivity index (χ4v) is 6.48. The molecule has 0 aliphatic carbocycles. The van der Waals surface area contributed by atoms with Gasteiger partial charge in [0.1, 0.15) is 0 Å². The molecule has 0 aliphatic rings. The molecule has 3 aromatic carbocycles. The highest BCUT2D eigenvalue weighted by Crippen LogP contribution is 2.36. The molecule has 2 heterocycles. The third-order valence-corrected chi connectivity index (χ3v) is 8.20. The highest BCUT2D eigenvalue weighted by molar-refractivity contribution is 7.18. The summed E-state index contributed by atoms with van der Waals surface area (Å²) in [6, 6.07) is 24.2. The van der Waals surface area contributed by atoms with Crippen molar-refractivity contribution in [3.8, 4) is 11.3 Å². The number of para-hydroxylation sites is 1. The summed E-state index contributed by atoms with van der Waals surface area (Å²) in [6.45, 7) is 7.27. The number of aromatic nitrogens is 1. The van der Waals surface area contributed by atoms with Gasteiger partial charge in [-0.2, -0.15) is 0 Å². The minimum atomic E-state index is -1.49. The van der Waals surface area contributed by atoms with Crippen molar-refractivity contribution in [2.24, 2.45) is 0 Å². The van der Waals surface area contributed by atoms with Crippen molar-refractivity contribution in [1.82, 2.24) is 4.98 Å². The second-order valence-corrected chi connectivity index (χ2v) is 14.1. The average Bonchev–Trinajstić information content (AvgIpc) is 3.16. The summed E-state index contributed by atoms with van der Waals surface area (Å²) in [4.78, 5) is 5.10. The molecule has 132 valence electrons. The van der Waals surface area contributed by atoms with E-state index in [-0.39, 0.29) is 0 Å². The van der Waals surface area contributed by atoms with E-state index < -0.39 is 8.07 Å². The van der Waals surface area contributed by atoms with Crippen LogP contribution in [0.3, 0.4) is 0 Å². The van der Waals surface area contributed by atoms with Crippen molar-refractivity contribution in [2.45, 2.75) is 19.6 Å². The number of nitrogens with zero attached hydrogens (tertiary/aromatic N) is 1. The summed E-state index contributed by atoms with van der Waals surface area (Å²) in [5, 5.41) is 8.95. The predicted octanol–water partition coefficient (Wildman–Crippen LogP) is 6.81. The van der Waals surface area contributed by atoms with Gasteiger partial charge in [-0.25, -0.2) is 4.98 Å². The van der Waals surface area contributed by atoms with E-state index in [4.69, 9.17) is 4.98 Å². The van der Waals surface area contributed by atoms with Gasteiger partial charge in [-0.3, -0.25) is 0 Å². The zero-order valence-electron chi connectivity index (χ0n) is 15.8. The molecule has 0 saturated heterocycles. The Morgan fingerprint density at radius 1 is 0.778 bits per heavy atom. The lowest BCUT2D eigenvalue weighted by molar-refractivity contribution is 1.44. The van der Waals surface area contributed by atoms with Crippen molar-refractivity contribution in [3.05, 3.63) is 72.1 Å². The van der Waals surface area contributed by atoms with Gasteiger partial charge < -0.3 is 0 Å². The van der Waals surface area contributed by atoms with Crippen molar-refractivity contribution in [1.29, 1.82) is 0 Å². The fraction of sp³-hybridized carbons (Fsp3) is 0.125. The molecule has 5 rings (SSSR count). The molecule has 5 aromatic rings. The summed E-state index contributed by atoms with van der Waals surface area (Å²) in [5.41, 5.74) is 3.43. The first kappa shape index (κ1) is 16.7. The van der Waals surface area contributed by atoms with E-state index in [1.54, 1.807) is 11.3 Å². The van der Waals surface area contributed by atoms with Crippen LogP contribution in [0.1, 0.15) is 0 Å². The van der Waals surface area contributed by atoms with Crippen LogP contribution in [0.15, 0.2) is 72.1 Å². The van der Waals surface area contributed by atoms with Crippen LogP contribution in [0.25, 0.3) is 43.0 Å². The highest BCUT2D eigenvalue weighted by Gasteiger charge is 2.21. The van der Waals surface area contributed by atoms with Gasteiger partial charge in [-0.05, 0) is 34.4 Å². The van der Waals surface area contributed by atoms with Gasteiger partial charge in [0.25, 0.3) is 0 Å². The molecule has 0 atom stereocenters. The first-order valence-corrected chi connectivity index (χ1v) is 13.7. The van der Waals surface area contributed by atoms with Crippen LogP contribution >= 0.6 is 11.3 Å². The molecular weight excluding hydrogens is 362 g/mol. The molecule has 0 bridgehead atoms. The van der Waals surface area contributed by atoms with E-state index >= 15 is 0 Å². The summed E-state index contributed by atoms with van der Waals surface area (Å²) < 4.78 is 1.28. The van der Waals surface area contributed by atoms with E-state index in [0.29, 0.717) is 0 Å². The lowest BCUT2D eigenvalue weighted by Gasteiger charge is -2.21. The van der Waals surface area contributed by atoms with E-state index in [1.165, 1.54) is 37.0 Å². The largest absolute Gasteiger partial charge is 0.246 e. The van der Waals surface area contributed by atoms with Crippen LogP contribution < -0.4 is 5.19 Å². The molecule has 0 spiro atoms. The Hall–Kier alpha value is -2.49. The van der Waals surface area contributed by atoms with Gasteiger partial charge in [-0.1, -0.05) is 73.4 Å². The second-order valence-electron chi connectivity index (χ2n) is 8.14. The minimum absolute atomic E-state index is 1.07. The van der Waals surface area contributed by atoms with Gasteiger partial charge in [0.15, 0.2) is 0 Å². The minimum Gasteiger partial charge on any atom is -0.246 e. The van der Waals surface area contributed by atoms with E-state index in [2.05, 4.69) is 91.8 Å². The van der Waals surface area contributed by atoms with Crippen molar-refractivity contribution in [3.63, 3.8) is 0 Å². The Balaban J connectivity index is 1.89. The number of thiophene rings is 1. The molecule has 0 aliphatic heterocycles. The van der Waals surface area contributed by atoms with Crippen LogP contribution in [0.4, 0.5) is 0 Å². The van der Waals surface area contributed by atoms with E-state index in [0.717, 1.165) is 11.2 Å². The molecule has 0 amide bonds. The topological polar surface area (TPSA) is 12.9 Å². The Labute approximate surface area is 164 Å². The summed E-state index contributed by atoms with van der Waals surface area (Å²) in [7, 11) is -1.49. The molecule has 27 heavy (non-hydrogen) atoms. The fourth-order valence-electron chi connectivity index (χ4n) is 3.94. The van der Waals surface area contributed by atoms with Crippen LogP contribution in [0.5, 0.6) is 0 Å². The lowest BCUT2D eigenvalue weighted by Crippen LogP contribution is -2.38. The van der Waals surface area contributed by atoms with E-state index in [1.807, 2.05) is 0 Å².